The van der Waals surface area contributed by atoms with Crippen molar-refractivity contribution in [3.8, 4) is 0 Å². The smallest absolute Gasteiger partial charge is 0.234 e. The summed E-state index contributed by atoms with van der Waals surface area (Å²) < 4.78 is 13.4. The molecule has 2 fully saturated rings. The van der Waals surface area contributed by atoms with Gasteiger partial charge >= 0.3 is 0 Å². The van der Waals surface area contributed by atoms with E-state index in [2.05, 4.69) is 15.5 Å². The summed E-state index contributed by atoms with van der Waals surface area (Å²) in [4.78, 5) is 26.3. The zero-order chi connectivity index (χ0) is 20.5. The molecule has 1 aromatic rings. The number of halogens is 1. The van der Waals surface area contributed by atoms with E-state index in [0.29, 0.717) is 30.0 Å². The number of likely N-dealkylation sites (tertiary alicyclic amines) is 1. The lowest BCUT2D eigenvalue weighted by Gasteiger charge is -2.59. The maximum atomic E-state index is 13.4. The lowest BCUT2D eigenvalue weighted by atomic mass is 9.57. The van der Waals surface area contributed by atoms with Crippen LogP contribution < -0.4 is 10.6 Å². The number of rotatable bonds is 6. The van der Waals surface area contributed by atoms with Crippen LogP contribution in [0.2, 0.25) is 0 Å². The average Bonchev–Trinajstić information content (AvgIpc) is 2.44. The van der Waals surface area contributed by atoms with Gasteiger partial charge in [0.1, 0.15) is 5.82 Å². The molecule has 28 heavy (non-hydrogen) atoms. The Morgan fingerprint density at radius 1 is 1.18 bits per heavy atom. The Bertz CT molecular complexity index is 722. The normalized spacial score (nSPS) is 19.0. The van der Waals surface area contributed by atoms with Gasteiger partial charge in [-0.1, -0.05) is 6.07 Å². The van der Waals surface area contributed by atoms with Gasteiger partial charge in [-0.15, -0.1) is 0 Å². The van der Waals surface area contributed by atoms with Crippen molar-refractivity contribution in [2.24, 2.45) is 11.3 Å². The maximum Gasteiger partial charge on any atom is 0.234 e. The van der Waals surface area contributed by atoms with Gasteiger partial charge in [-0.25, -0.2) is 4.39 Å². The van der Waals surface area contributed by atoms with Crippen LogP contribution in [0.1, 0.15) is 44.7 Å². The second kappa shape index (κ2) is 7.82. The van der Waals surface area contributed by atoms with Crippen molar-refractivity contribution in [1.82, 2.24) is 15.5 Å². The van der Waals surface area contributed by atoms with Gasteiger partial charge < -0.3 is 10.6 Å². The Balaban J connectivity index is 1.32. The highest BCUT2D eigenvalue weighted by atomic mass is 19.1. The van der Waals surface area contributed by atoms with Crippen LogP contribution in [-0.4, -0.2) is 48.4 Å². The molecular formula is C22H32FN3O2. The van der Waals surface area contributed by atoms with E-state index in [1.54, 1.807) is 0 Å². The minimum absolute atomic E-state index is 0.0555. The van der Waals surface area contributed by atoms with Crippen LogP contribution in [0.15, 0.2) is 18.2 Å². The van der Waals surface area contributed by atoms with Crippen LogP contribution in [0, 0.1) is 24.1 Å². The molecule has 1 saturated heterocycles. The Morgan fingerprint density at radius 3 is 2.46 bits per heavy atom. The molecule has 1 saturated carbocycles. The molecule has 1 aliphatic heterocycles. The molecule has 1 aliphatic carbocycles. The standard InChI is InChI=1S/C22H32FN3O2/c1-15-5-16(7-18(23)6-15)8-19(27)24-11-17-9-22(10-17)13-26(14-22)12-20(28)25-21(2,3)4/h5-7,17H,8-14H2,1-4H3,(H,24,27)(H,25,28). The van der Waals surface area contributed by atoms with E-state index in [1.165, 1.54) is 12.1 Å². The first-order chi connectivity index (χ1) is 13.0. The van der Waals surface area contributed by atoms with Gasteiger partial charge in [-0.05, 0) is 75.1 Å². The molecular weight excluding hydrogens is 357 g/mol. The Labute approximate surface area is 167 Å². The number of hydrogen-bond donors (Lipinski definition) is 2. The number of amides is 2. The fourth-order valence-electron chi connectivity index (χ4n) is 4.66. The summed E-state index contributed by atoms with van der Waals surface area (Å²) in [6, 6.07) is 4.73. The quantitative estimate of drug-likeness (QED) is 0.786. The van der Waals surface area contributed by atoms with Crippen molar-refractivity contribution in [3.63, 3.8) is 0 Å². The second-order valence-corrected chi connectivity index (χ2v) is 9.84. The third-order valence-corrected chi connectivity index (χ3v) is 5.50. The van der Waals surface area contributed by atoms with Gasteiger partial charge in [0.25, 0.3) is 0 Å². The molecule has 6 heteroatoms. The summed E-state index contributed by atoms with van der Waals surface area (Å²) in [5, 5.41) is 5.99. The van der Waals surface area contributed by atoms with E-state index in [4.69, 9.17) is 0 Å². The van der Waals surface area contributed by atoms with Crippen molar-refractivity contribution >= 4 is 11.8 Å². The van der Waals surface area contributed by atoms with E-state index in [0.717, 1.165) is 31.5 Å². The van der Waals surface area contributed by atoms with Gasteiger partial charge in [0.15, 0.2) is 0 Å². The van der Waals surface area contributed by atoms with E-state index in [1.807, 2.05) is 33.8 Å². The maximum absolute atomic E-state index is 13.4. The first-order valence-electron chi connectivity index (χ1n) is 10.1. The second-order valence-electron chi connectivity index (χ2n) is 9.84. The van der Waals surface area contributed by atoms with Crippen LogP contribution in [0.3, 0.4) is 0 Å². The third-order valence-electron chi connectivity index (χ3n) is 5.50. The molecule has 154 valence electrons. The molecule has 0 aromatic heterocycles. The highest BCUT2D eigenvalue weighted by Crippen LogP contribution is 2.51. The summed E-state index contributed by atoms with van der Waals surface area (Å²) in [6.45, 7) is 10.9. The number of carbonyl (C=O) groups is 2. The number of hydrogen-bond acceptors (Lipinski definition) is 3. The minimum Gasteiger partial charge on any atom is -0.356 e. The minimum atomic E-state index is -0.297. The third kappa shape index (κ3) is 5.53. The SMILES string of the molecule is Cc1cc(F)cc(CC(=O)NCC2CC3(C2)CN(CC(=O)NC(C)(C)C)C3)c1. The van der Waals surface area contributed by atoms with Crippen LogP contribution in [0.25, 0.3) is 0 Å². The van der Waals surface area contributed by atoms with Gasteiger partial charge in [0.2, 0.25) is 11.8 Å². The molecule has 0 atom stereocenters. The van der Waals surface area contributed by atoms with Crippen LogP contribution in [-0.2, 0) is 16.0 Å². The number of benzene rings is 1. The van der Waals surface area contributed by atoms with E-state index >= 15 is 0 Å². The summed E-state index contributed by atoms with van der Waals surface area (Å²) in [7, 11) is 0. The lowest BCUT2D eigenvalue weighted by Crippen LogP contribution is -2.64. The van der Waals surface area contributed by atoms with Crippen molar-refractivity contribution in [1.29, 1.82) is 0 Å². The summed E-state index contributed by atoms with van der Waals surface area (Å²) in [6.07, 6.45) is 2.42. The molecule has 2 aliphatic rings. The molecule has 2 amide bonds. The predicted octanol–water partition coefficient (Wildman–Crippen LogP) is 2.42. The van der Waals surface area contributed by atoms with Crippen LogP contribution in [0.4, 0.5) is 4.39 Å². The van der Waals surface area contributed by atoms with Gasteiger partial charge in [-0.3, -0.25) is 14.5 Å². The molecule has 0 bridgehead atoms. The molecule has 2 N–H and O–H groups in total. The number of aryl methyl sites for hydroxylation is 1. The zero-order valence-corrected chi connectivity index (χ0v) is 17.4. The first-order valence-corrected chi connectivity index (χ1v) is 10.1. The van der Waals surface area contributed by atoms with E-state index in [-0.39, 0.29) is 29.6 Å². The monoisotopic (exact) mass is 389 g/mol. The highest BCUT2D eigenvalue weighted by molar-refractivity contribution is 5.79. The van der Waals surface area contributed by atoms with Crippen LogP contribution >= 0.6 is 0 Å². The number of nitrogens with zero attached hydrogens (tertiary/aromatic N) is 1. The van der Waals surface area contributed by atoms with Crippen molar-refractivity contribution < 1.29 is 14.0 Å². The molecule has 1 aromatic carbocycles. The largest absolute Gasteiger partial charge is 0.356 e. The fraction of sp³-hybridized carbons (Fsp3) is 0.636. The molecule has 3 rings (SSSR count). The molecule has 5 nitrogen and oxygen atoms in total. The van der Waals surface area contributed by atoms with Gasteiger partial charge in [-0.2, -0.15) is 0 Å². The van der Waals surface area contributed by atoms with Crippen molar-refractivity contribution in [3.05, 3.63) is 35.1 Å². The molecule has 0 radical (unpaired) electrons. The Kier molecular flexibility index (Phi) is 5.80. The fourth-order valence-corrected chi connectivity index (χ4v) is 4.66. The lowest BCUT2D eigenvalue weighted by molar-refractivity contribution is -0.134. The number of nitrogens with one attached hydrogen (secondary N) is 2. The molecule has 0 unspecified atom stereocenters. The predicted molar refractivity (Wildman–Crippen MR) is 107 cm³/mol. The zero-order valence-electron chi connectivity index (χ0n) is 17.4. The van der Waals surface area contributed by atoms with Crippen molar-refractivity contribution in [2.75, 3.05) is 26.2 Å². The van der Waals surface area contributed by atoms with E-state index in [9.17, 15) is 14.0 Å². The Hall–Kier alpha value is -1.95. The topological polar surface area (TPSA) is 61.4 Å². The van der Waals surface area contributed by atoms with Gasteiger partial charge in [0.05, 0.1) is 13.0 Å². The summed E-state index contributed by atoms with van der Waals surface area (Å²) in [5.74, 6) is 0.233. The van der Waals surface area contributed by atoms with E-state index < -0.39 is 0 Å². The average molecular weight is 390 g/mol. The molecule has 1 spiro atoms. The summed E-state index contributed by atoms with van der Waals surface area (Å²) >= 11 is 0. The number of carbonyl (C=O) groups excluding carboxylic acids is 2. The van der Waals surface area contributed by atoms with Gasteiger partial charge in [0, 0.05) is 25.2 Å². The Morgan fingerprint density at radius 2 is 1.86 bits per heavy atom. The van der Waals surface area contributed by atoms with Crippen LogP contribution in [0.5, 0.6) is 0 Å². The highest BCUT2D eigenvalue weighted by Gasteiger charge is 2.52. The first kappa shape index (κ1) is 20.8. The molecule has 1 heterocycles. The van der Waals surface area contributed by atoms with Crippen molar-refractivity contribution in [2.45, 2.75) is 52.5 Å². The summed E-state index contributed by atoms with van der Waals surface area (Å²) in [5.41, 5.74) is 1.69.